The third-order valence-electron chi connectivity index (χ3n) is 3.77. The molecular weight excluding hydrogens is 343 g/mol. The third kappa shape index (κ3) is 6.03. The van der Waals surface area contributed by atoms with Gasteiger partial charge in [-0.2, -0.15) is 0 Å². The highest BCUT2D eigenvalue weighted by Crippen LogP contribution is 2.23. The molecule has 1 N–H and O–H groups in total. The maximum Gasteiger partial charge on any atom is 0.234 e. The number of methoxy groups -OCH3 is 1. The average molecular weight is 365 g/mol. The molecule has 2 aromatic carbocycles. The molecular formula is C19H22ClFN2O2. The molecule has 134 valence electrons. The third-order valence-corrected chi connectivity index (χ3v) is 4.01. The number of carbonyl (C=O) groups is 1. The lowest BCUT2D eigenvalue weighted by atomic mass is 10.1. The number of likely N-dealkylation sites (N-methyl/N-ethyl adjacent to an activating group) is 1. The summed E-state index contributed by atoms with van der Waals surface area (Å²) in [5.74, 6) is 0.373. The van der Waals surface area contributed by atoms with E-state index in [4.69, 9.17) is 16.3 Å². The van der Waals surface area contributed by atoms with Crippen LogP contribution in [0.3, 0.4) is 0 Å². The van der Waals surface area contributed by atoms with Gasteiger partial charge in [0, 0.05) is 23.7 Å². The summed E-state index contributed by atoms with van der Waals surface area (Å²) in [6, 6.07) is 12.0. The topological polar surface area (TPSA) is 41.6 Å². The summed E-state index contributed by atoms with van der Waals surface area (Å²) in [6.45, 7) is 1.16. The minimum Gasteiger partial charge on any atom is -0.496 e. The highest BCUT2D eigenvalue weighted by atomic mass is 35.5. The minimum atomic E-state index is -0.248. The molecule has 0 aromatic heterocycles. The molecule has 6 heteroatoms. The maximum absolute atomic E-state index is 13.5. The summed E-state index contributed by atoms with van der Waals surface area (Å²) in [6.07, 6.45) is 0.463. The van der Waals surface area contributed by atoms with Gasteiger partial charge in [0.15, 0.2) is 0 Å². The van der Waals surface area contributed by atoms with E-state index in [1.807, 2.05) is 18.0 Å². The Balaban J connectivity index is 1.80. The molecule has 25 heavy (non-hydrogen) atoms. The van der Waals surface area contributed by atoms with E-state index < -0.39 is 0 Å². The molecule has 0 spiro atoms. The molecule has 1 amide bonds. The predicted octanol–water partition coefficient (Wildman–Crippen LogP) is 3.28. The Morgan fingerprint density at radius 1 is 1.24 bits per heavy atom. The summed E-state index contributed by atoms with van der Waals surface area (Å²) >= 11 is 6.02. The van der Waals surface area contributed by atoms with Gasteiger partial charge in [0.25, 0.3) is 0 Å². The number of ether oxygens (including phenoxy) is 1. The maximum atomic E-state index is 13.5. The van der Waals surface area contributed by atoms with Crippen LogP contribution in [-0.2, 0) is 17.8 Å². The molecule has 2 rings (SSSR count). The lowest BCUT2D eigenvalue weighted by Gasteiger charge is -2.18. The predicted molar refractivity (Wildman–Crippen MR) is 97.5 cm³/mol. The Morgan fingerprint density at radius 2 is 2.00 bits per heavy atom. The van der Waals surface area contributed by atoms with Crippen LogP contribution in [0.2, 0.25) is 5.02 Å². The Hall–Kier alpha value is -2.11. The van der Waals surface area contributed by atoms with Gasteiger partial charge in [0.2, 0.25) is 5.91 Å². The average Bonchev–Trinajstić information content (AvgIpc) is 2.56. The smallest absolute Gasteiger partial charge is 0.234 e. The van der Waals surface area contributed by atoms with E-state index in [9.17, 15) is 9.18 Å². The van der Waals surface area contributed by atoms with Crippen LogP contribution in [0, 0.1) is 5.82 Å². The normalized spacial score (nSPS) is 10.8. The van der Waals surface area contributed by atoms with Crippen molar-refractivity contribution in [3.63, 3.8) is 0 Å². The van der Waals surface area contributed by atoms with Gasteiger partial charge in [-0.1, -0.05) is 29.8 Å². The monoisotopic (exact) mass is 364 g/mol. The fourth-order valence-electron chi connectivity index (χ4n) is 2.56. The number of hydrogen-bond donors (Lipinski definition) is 1. The van der Waals surface area contributed by atoms with Crippen molar-refractivity contribution in [3.05, 3.63) is 64.4 Å². The Morgan fingerprint density at radius 3 is 2.72 bits per heavy atom. The number of hydrogen-bond acceptors (Lipinski definition) is 3. The van der Waals surface area contributed by atoms with Crippen molar-refractivity contribution in [1.82, 2.24) is 10.2 Å². The number of carbonyl (C=O) groups excluding carboxylic acids is 1. The Bertz CT molecular complexity index is 724. The first-order chi connectivity index (χ1) is 12.0. The molecule has 0 heterocycles. The van der Waals surface area contributed by atoms with Crippen LogP contribution in [0.25, 0.3) is 0 Å². The van der Waals surface area contributed by atoms with Crippen LogP contribution >= 0.6 is 11.6 Å². The quantitative estimate of drug-likeness (QED) is 0.781. The van der Waals surface area contributed by atoms with Gasteiger partial charge in [-0.3, -0.25) is 9.69 Å². The molecule has 4 nitrogen and oxygen atoms in total. The van der Waals surface area contributed by atoms with Crippen molar-refractivity contribution >= 4 is 17.5 Å². The second kappa shape index (κ2) is 9.39. The second-order valence-electron chi connectivity index (χ2n) is 5.82. The molecule has 0 aliphatic rings. The first kappa shape index (κ1) is 19.2. The second-order valence-corrected chi connectivity index (χ2v) is 6.26. The number of nitrogens with one attached hydrogen (secondary N) is 1. The lowest BCUT2D eigenvalue weighted by molar-refractivity contribution is -0.122. The van der Waals surface area contributed by atoms with E-state index >= 15 is 0 Å². The molecule has 0 bridgehead atoms. The molecule has 0 atom stereocenters. The Kier molecular flexibility index (Phi) is 7.22. The van der Waals surface area contributed by atoms with Gasteiger partial charge in [0.1, 0.15) is 11.6 Å². The van der Waals surface area contributed by atoms with Crippen molar-refractivity contribution < 1.29 is 13.9 Å². The molecule has 0 saturated heterocycles. The summed E-state index contributed by atoms with van der Waals surface area (Å²) in [7, 11) is 3.44. The summed E-state index contributed by atoms with van der Waals surface area (Å²) in [4.78, 5) is 13.9. The van der Waals surface area contributed by atoms with Crippen molar-refractivity contribution in [2.45, 2.75) is 13.0 Å². The van der Waals surface area contributed by atoms with E-state index in [0.717, 1.165) is 11.3 Å². The lowest BCUT2D eigenvalue weighted by Crippen LogP contribution is -2.36. The molecule has 0 aliphatic carbocycles. The van der Waals surface area contributed by atoms with Crippen LogP contribution in [0.5, 0.6) is 5.75 Å². The number of rotatable bonds is 8. The summed E-state index contributed by atoms with van der Waals surface area (Å²) in [5.41, 5.74) is 1.51. The number of halogens is 2. The zero-order valence-electron chi connectivity index (χ0n) is 14.4. The van der Waals surface area contributed by atoms with Crippen LogP contribution in [0.15, 0.2) is 42.5 Å². The summed E-state index contributed by atoms with van der Waals surface area (Å²) in [5, 5.41) is 3.43. The van der Waals surface area contributed by atoms with E-state index in [2.05, 4.69) is 5.32 Å². The van der Waals surface area contributed by atoms with E-state index in [0.29, 0.717) is 30.1 Å². The standard InChI is InChI=1S/C19H22ClFN2O2/c1-23(12-15-11-16(20)7-8-18(15)25-2)13-19(24)22-10-9-14-5-3-4-6-17(14)21/h3-8,11H,9-10,12-13H2,1-2H3,(H,22,24). The largest absolute Gasteiger partial charge is 0.496 e. The van der Waals surface area contributed by atoms with Gasteiger partial charge in [-0.25, -0.2) is 4.39 Å². The number of nitrogens with zero attached hydrogens (tertiary/aromatic N) is 1. The van der Waals surface area contributed by atoms with Gasteiger partial charge >= 0.3 is 0 Å². The van der Waals surface area contributed by atoms with Crippen molar-refractivity contribution in [1.29, 1.82) is 0 Å². The molecule has 0 fully saturated rings. The van der Waals surface area contributed by atoms with Crippen molar-refractivity contribution in [2.75, 3.05) is 27.2 Å². The first-order valence-corrected chi connectivity index (χ1v) is 8.38. The zero-order chi connectivity index (χ0) is 18.2. The van der Waals surface area contributed by atoms with Crippen LogP contribution < -0.4 is 10.1 Å². The fourth-order valence-corrected chi connectivity index (χ4v) is 2.75. The van der Waals surface area contributed by atoms with Crippen LogP contribution in [0.4, 0.5) is 4.39 Å². The number of benzene rings is 2. The van der Waals surface area contributed by atoms with E-state index in [1.165, 1.54) is 6.07 Å². The van der Waals surface area contributed by atoms with Crippen molar-refractivity contribution in [3.8, 4) is 5.75 Å². The van der Waals surface area contributed by atoms with E-state index in [1.54, 1.807) is 37.4 Å². The SMILES string of the molecule is COc1ccc(Cl)cc1CN(C)CC(=O)NCCc1ccccc1F. The molecule has 0 aliphatic heterocycles. The molecule has 0 saturated carbocycles. The highest BCUT2D eigenvalue weighted by Gasteiger charge is 2.11. The summed E-state index contributed by atoms with van der Waals surface area (Å²) < 4.78 is 18.8. The fraction of sp³-hybridized carbons (Fsp3) is 0.316. The molecule has 2 aromatic rings. The van der Waals surface area contributed by atoms with Gasteiger partial charge in [-0.05, 0) is 43.3 Å². The number of amides is 1. The molecule has 0 radical (unpaired) electrons. The first-order valence-electron chi connectivity index (χ1n) is 8.00. The van der Waals surface area contributed by atoms with Gasteiger partial charge < -0.3 is 10.1 Å². The van der Waals surface area contributed by atoms with Gasteiger partial charge in [-0.15, -0.1) is 0 Å². The van der Waals surface area contributed by atoms with Gasteiger partial charge in [0.05, 0.1) is 13.7 Å². The molecule has 0 unspecified atom stereocenters. The van der Waals surface area contributed by atoms with Crippen LogP contribution in [-0.4, -0.2) is 38.1 Å². The zero-order valence-corrected chi connectivity index (χ0v) is 15.1. The van der Waals surface area contributed by atoms with Crippen molar-refractivity contribution in [2.24, 2.45) is 0 Å². The Labute approximate surface area is 152 Å². The van der Waals surface area contributed by atoms with Crippen LogP contribution in [0.1, 0.15) is 11.1 Å². The minimum absolute atomic E-state index is 0.111. The van der Waals surface area contributed by atoms with E-state index in [-0.39, 0.29) is 18.3 Å². The highest BCUT2D eigenvalue weighted by molar-refractivity contribution is 6.30.